The monoisotopic (exact) mass is 424 g/mol. The fourth-order valence-corrected chi connectivity index (χ4v) is 4.18. The predicted octanol–water partition coefficient (Wildman–Crippen LogP) is 4.44. The van der Waals surface area contributed by atoms with Crippen LogP contribution in [0.5, 0.6) is 5.75 Å². The summed E-state index contributed by atoms with van der Waals surface area (Å²) in [7, 11) is 1.57. The van der Waals surface area contributed by atoms with E-state index in [1.807, 2.05) is 48.5 Å². The third-order valence-corrected chi connectivity index (χ3v) is 5.79. The Morgan fingerprint density at radius 2 is 1.72 bits per heavy atom. The predicted molar refractivity (Wildman–Crippen MR) is 122 cm³/mol. The first kappa shape index (κ1) is 19.8. The van der Waals surface area contributed by atoms with Gasteiger partial charge in [-0.05, 0) is 42.0 Å². The Morgan fingerprint density at radius 3 is 2.47 bits per heavy atom. The number of hydrogen-bond acceptors (Lipinski definition) is 5. The average Bonchev–Trinajstić information content (AvgIpc) is 3.36. The quantitative estimate of drug-likeness (QED) is 0.615. The number of fused-ring (bicyclic) bond motifs is 2. The lowest BCUT2D eigenvalue weighted by atomic mass is 9.75. The molecule has 2 heterocycles. The number of oxime groups is 1. The Labute approximate surface area is 185 Å². The summed E-state index contributed by atoms with van der Waals surface area (Å²) in [5, 5.41) is 7.07. The second kappa shape index (κ2) is 7.81. The zero-order valence-electron chi connectivity index (χ0n) is 17.3. The molecule has 0 fully saturated rings. The third kappa shape index (κ3) is 3.08. The molecule has 6 heteroatoms. The summed E-state index contributed by atoms with van der Waals surface area (Å²) in [5.41, 5.74) is 1.45. The van der Waals surface area contributed by atoms with Crippen molar-refractivity contribution < 1.29 is 19.2 Å². The van der Waals surface area contributed by atoms with Gasteiger partial charge in [0.1, 0.15) is 11.7 Å². The standard InChI is InChI=1S/C26H20N2O4/c1-31-19-14-12-18(13-15-19)24(29)23-22(16-11-17-7-3-2-4-8-17)28-32-26(23)20-9-5-6-10-21(20)27-25(26)30/h2-16,23H,1H3,(H,27,30)/b16-11+/t23-,26-/m1/s1. The molecule has 0 saturated carbocycles. The Balaban J connectivity index is 1.60. The third-order valence-electron chi connectivity index (χ3n) is 5.79. The van der Waals surface area contributed by atoms with Crippen molar-refractivity contribution in [2.24, 2.45) is 11.1 Å². The van der Waals surface area contributed by atoms with Crippen LogP contribution in [0.3, 0.4) is 0 Å². The summed E-state index contributed by atoms with van der Waals surface area (Å²) in [6, 6.07) is 23.7. The number of benzene rings is 3. The molecular formula is C26H20N2O4. The van der Waals surface area contributed by atoms with Gasteiger partial charge in [-0.25, -0.2) is 0 Å². The molecule has 6 nitrogen and oxygen atoms in total. The molecule has 32 heavy (non-hydrogen) atoms. The van der Waals surface area contributed by atoms with Gasteiger partial charge in [-0.3, -0.25) is 9.59 Å². The smallest absolute Gasteiger partial charge is 0.277 e. The maximum atomic E-state index is 13.8. The molecule has 0 aliphatic carbocycles. The molecule has 3 aromatic carbocycles. The normalized spacial score (nSPS) is 21.2. The fraction of sp³-hybridized carbons (Fsp3) is 0.115. The van der Waals surface area contributed by atoms with Gasteiger partial charge in [-0.1, -0.05) is 59.8 Å². The van der Waals surface area contributed by atoms with Crippen LogP contribution in [0, 0.1) is 5.92 Å². The van der Waals surface area contributed by atoms with Crippen molar-refractivity contribution in [3.63, 3.8) is 0 Å². The van der Waals surface area contributed by atoms with E-state index < -0.39 is 17.4 Å². The summed E-state index contributed by atoms with van der Waals surface area (Å²) >= 11 is 0. The number of nitrogens with one attached hydrogen (secondary N) is 1. The number of amides is 1. The SMILES string of the molecule is COc1ccc(C(=O)[C@H]2C(/C=C/c3ccccc3)=NO[C@@]23C(=O)Nc2ccccc23)cc1. The first-order valence-corrected chi connectivity index (χ1v) is 10.2. The minimum absolute atomic E-state index is 0.256. The van der Waals surface area contributed by atoms with E-state index in [-0.39, 0.29) is 5.78 Å². The highest BCUT2D eigenvalue weighted by atomic mass is 16.7. The van der Waals surface area contributed by atoms with Gasteiger partial charge in [0.2, 0.25) is 0 Å². The van der Waals surface area contributed by atoms with Crippen LogP contribution >= 0.6 is 0 Å². The van der Waals surface area contributed by atoms with Crippen LogP contribution < -0.4 is 10.1 Å². The van der Waals surface area contributed by atoms with Crippen LogP contribution in [-0.2, 0) is 15.2 Å². The number of anilines is 1. The van der Waals surface area contributed by atoms with Crippen molar-refractivity contribution in [2.75, 3.05) is 12.4 Å². The largest absolute Gasteiger partial charge is 0.497 e. The van der Waals surface area contributed by atoms with Crippen molar-refractivity contribution in [1.82, 2.24) is 0 Å². The lowest BCUT2D eigenvalue weighted by Crippen LogP contribution is -2.46. The molecule has 0 saturated heterocycles. The number of rotatable bonds is 5. The van der Waals surface area contributed by atoms with E-state index in [0.717, 1.165) is 5.56 Å². The highest BCUT2D eigenvalue weighted by Gasteiger charge is 2.62. The van der Waals surface area contributed by atoms with Crippen LogP contribution in [0.25, 0.3) is 6.08 Å². The molecule has 2 aliphatic rings. The summed E-state index contributed by atoms with van der Waals surface area (Å²) in [5.74, 6) is -0.967. The molecule has 0 unspecified atom stereocenters. The Hall–Kier alpha value is -4.19. The molecule has 0 bridgehead atoms. The highest BCUT2D eigenvalue weighted by Crippen LogP contribution is 2.49. The maximum Gasteiger partial charge on any atom is 0.277 e. The van der Waals surface area contributed by atoms with Gasteiger partial charge in [-0.2, -0.15) is 0 Å². The van der Waals surface area contributed by atoms with Gasteiger partial charge in [0.05, 0.1) is 12.8 Å². The minimum atomic E-state index is -1.55. The van der Waals surface area contributed by atoms with Crippen molar-refractivity contribution in [3.05, 3.63) is 102 Å². The van der Waals surface area contributed by atoms with E-state index in [1.165, 1.54) is 0 Å². The number of Topliss-reactive ketones (excluding diaryl/α,β-unsaturated/α-hetero) is 1. The van der Waals surface area contributed by atoms with E-state index in [0.29, 0.717) is 28.3 Å². The zero-order chi connectivity index (χ0) is 22.1. The molecule has 5 rings (SSSR count). The first-order valence-electron chi connectivity index (χ1n) is 10.2. The number of methoxy groups -OCH3 is 1. The lowest BCUT2D eigenvalue weighted by molar-refractivity contribution is -0.140. The van der Waals surface area contributed by atoms with Gasteiger partial charge in [0, 0.05) is 16.8 Å². The number of allylic oxidation sites excluding steroid dienone is 1. The van der Waals surface area contributed by atoms with E-state index in [4.69, 9.17) is 9.57 Å². The molecule has 158 valence electrons. The Bertz CT molecular complexity index is 1250. The topological polar surface area (TPSA) is 77.0 Å². The molecule has 2 atom stereocenters. The highest BCUT2D eigenvalue weighted by molar-refractivity contribution is 6.23. The molecule has 1 amide bonds. The first-order chi connectivity index (χ1) is 15.6. The maximum absolute atomic E-state index is 13.8. The molecule has 2 aliphatic heterocycles. The van der Waals surface area contributed by atoms with Crippen LogP contribution in [0.4, 0.5) is 5.69 Å². The van der Waals surface area contributed by atoms with Crippen LogP contribution in [0.2, 0.25) is 0 Å². The molecular weight excluding hydrogens is 404 g/mol. The fourth-order valence-electron chi connectivity index (χ4n) is 4.18. The van der Waals surface area contributed by atoms with Gasteiger partial charge in [0.25, 0.3) is 11.5 Å². The number of ether oxygens (including phenoxy) is 1. The molecule has 1 N–H and O–H groups in total. The number of hydrogen-bond donors (Lipinski definition) is 1. The van der Waals surface area contributed by atoms with E-state index in [9.17, 15) is 9.59 Å². The van der Waals surface area contributed by atoms with Crippen molar-refractivity contribution >= 4 is 29.2 Å². The van der Waals surface area contributed by atoms with Crippen LogP contribution in [0.1, 0.15) is 21.5 Å². The van der Waals surface area contributed by atoms with Gasteiger partial charge in [-0.15, -0.1) is 0 Å². The van der Waals surface area contributed by atoms with Crippen molar-refractivity contribution in [2.45, 2.75) is 5.60 Å². The second-order valence-electron chi connectivity index (χ2n) is 7.61. The number of carbonyl (C=O) groups is 2. The summed E-state index contributed by atoms with van der Waals surface area (Å²) < 4.78 is 5.20. The van der Waals surface area contributed by atoms with E-state index in [1.54, 1.807) is 49.6 Å². The Morgan fingerprint density at radius 1 is 1.00 bits per heavy atom. The van der Waals surface area contributed by atoms with Crippen LogP contribution in [-0.4, -0.2) is 24.5 Å². The van der Waals surface area contributed by atoms with Crippen LogP contribution in [0.15, 0.2) is 90.1 Å². The number of nitrogens with zero attached hydrogens (tertiary/aromatic N) is 1. The van der Waals surface area contributed by atoms with E-state index >= 15 is 0 Å². The average molecular weight is 424 g/mol. The zero-order valence-corrected chi connectivity index (χ0v) is 17.3. The molecule has 3 aromatic rings. The number of ketones is 1. The molecule has 0 aromatic heterocycles. The lowest BCUT2D eigenvalue weighted by Gasteiger charge is -2.26. The minimum Gasteiger partial charge on any atom is -0.497 e. The summed E-state index contributed by atoms with van der Waals surface area (Å²) in [4.78, 5) is 32.8. The second-order valence-corrected chi connectivity index (χ2v) is 7.61. The van der Waals surface area contributed by atoms with E-state index in [2.05, 4.69) is 10.5 Å². The molecule has 1 spiro atoms. The molecule has 0 radical (unpaired) electrons. The van der Waals surface area contributed by atoms with Crippen molar-refractivity contribution in [1.29, 1.82) is 0 Å². The number of para-hydroxylation sites is 1. The summed E-state index contributed by atoms with van der Waals surface area (Å²) in [6.07, 6.45) is 3.60. The van der Waals surface area contributed by atoms with Gasteiger partial charge < -0.3 is 14.9 Å². The summed E-state index contributed by atoms with van der Waals surface area (Å²) in [6.45, 7) is 0. The van der Waals surface area contributed by atoms with Crippen molar-refractivity contribution in [3.8, 4) is 5.75 Å². The Kier molecular flexibility index (Phi) is 4.82. The van der Waals surface area contributed by atoms with Gasteiger partial charge >= 0.3 is 0 Å². The van der Waals surface area contributed by atoms with Gasteiger partial charge in [0.15, 0.2) is 5.78 Å². The number of carbonyl (C=O) groups excluding carboxylic acids is 2.